The molecule has 5 heteroatoms. The molecule has 0 spiro atoms. The zero-order chi connectivity index (χ0) is 12.3. The zero-order valence-corrected chi connectivity index (χ0v) is 10.2. The van der Waals surface area contributed by atoms with Gasteiger partial charge in [-0.2, -0.15) is 0 Å². The normalized spacial score (nSPS) is 10.2. The molecule has 0 amide bonds. The van der Waals surface area contributed by atoms with Gasteiger partial charge in [0.05, 0.1) is 6.26 Å². The Morgan fingerprint density at radius 3 is 2.76 bits per heavy atom. The monoisotopic (exact) mass is 270 g/mol. The number of carbonyl (C=O) groups is 1. The van der Waals surface area contributed by atoms with Gasteiger partial charge in [0.15, 0.2) is 0 Å². The maximum atomic E-state index is 11.5. The van der Waals surface area contributed by atoms with E-state index in [1.54, 1.807) is 24.3 Å². The molecule has 0 aliphatic carbocycles. The van der Waals surface area contributed by atoms with Crippen LogP contribution in [0.15, 0.2) is 41.0 Å². The number of rotatable bonds is 3. The Morgan fingerprint density at radius 2 is 2.12 bits per heavy atom. The van der Waals surface area contributed by atoms with Crippen molar-refractivity contribution in [3.63, 3.8) is 0 Å². The van der Waals surface area contributed by atoms with Crippen molar-refractivity contribution in [2.45, 2.75) is 6.61 Å². The van der Waals surface area contributed by atoms with E-state index in [1.807, 2.05) is 0 Å². The molecule has 0 aliphatic heterocycles. The molecule has 1 aromatic carbocycles. The molecule has 0 saturated carbocycles. The molecule has 0 fully saturated rings. The van der Waals surface area contributed by atoms with Gasteiger partial charge in [-0.15, -0.1) is 0 Å². The summed E-state index contributed by atoms with van der Waals surface area (Å²) in [6.07, 6.45) is 1.41. The SMILES string of the molecule is O=C(OCc1ccc(Cl)cc1Cl)c1ccco1. The van der Waals surface area contributed by atoms with E-state index in [4.69, 9.17) is 32.4 Å². The summed E-state index contributed by atoms with van der Waals surface area (Å²) in [6, 6.07) is 8.14. The van der Waals surface area contributed by atoms with Crippen LogP contribution < -0.4 is 0 Å². The molecule has 88 valence electrons. The number of hydrogen-bond acceptors (Lipinski definition) is 3. The minimum absolute atomic E-state index is 0.0789. The molecule has 0 radical (unpaired) electrons. The minimum atomic E-state index is -0.527. The van der Waals surface area contributed by atoms with Crippen molar-refractivity contribution in [3.8, 4) is 0 Å². The Morgan fingerprint density at radius 1 is 1.29 bits per heavy atom. The van der Waals surface area contributed by atoms with Crippen LogP contribution in [0.4, 0.5) is 0 Å². The van der Waals surface area contributed by atoms with Gasteiger partial charge >= 0.3 is 5.97 Å². The van der Waals surface area contributed by atoms with Crippen molar-refractivity contribution < 1.29 is 13.9 Å². The fourth-order valence-corrected chi connectivity index (χ4v) is 1.71. The summed E-state index contributed by atoms with van der Waals surface area (Å²) in [7, 11) is 0. The van der Waals surface area contributed by atoms with E-state index in [-0.39, 0.29) is 12.4 Å². The summed E-state index contributed by atoms with van der Waals surface area (Å²) < 4.78 is 9.94. The second kappa shape index (κ2) is 5.25. The van der Waals surface area contributed by atoms with Crippen LogP contribution >= 0.6 is 23.2 Å². The van der Waals surface area contributed by atoms with Crippen LogP contribution in [0.5, 0.6) is 0 Å². The van der Waals surface area contributed by atoms with Crippen LogP contribution in [0.3, 0.4) is 0 Å². The third-order valence-electron chi connectivity index (χ3n) is 2.10. The topological polar surface area (TPSA) is 39.4 Å². The second-order valence-corrected chi connectivity index (χ2v) is 4.13. The smallest absolute Gasteiger partial charge is 0.374 e. The van der Waals surface area contributed by atoms with Gasteiger partial charge in [-0.3, -0.25) is 0 Å². The van der Waals surface area contributed by atoms with E-state index in [9.17, 15) is 4.79 Å². The first-order valence-corrected chi connectivity index (χ1v) is 5.57. The maximum absolute atomic E-state index is 11.5. The quantitative estimate of drug-likeness (QED) is 0.793. The van der Waals surface area contributed by atoms with Gasteiger partial charge in [0.2, 0.25) is 5.76 Å². The van der Waals surface area contributed by atoms with E-state index in [0.717, 1.165) is 0 Å². The van der Waals surface area contributed by atoms with E-state index < -0.39 is 5.97 Å². The highest BCUT2D eigenvalue weighted by Crippen LogP contribution is 2.21. The van der Waals surface area contributed by atoms with Gasteiger partial charge < -0.3 is 9.15 Å². The Labute approximate surface area is 108 Å². The van der Waals surface area contributed by atoms with E-state index in [2.05, 4.69) is 0 Å². The number of esters is 1. The largest absolute Gasteiger partial charge is 0.457 e. The molecule has 2 aromatic rings. The Balaban J connectivity index is 2.01. The third-order valence-corrected chi connectivity index (χ3v) is 2.68. The van der Waals surface area contributed by atoms with Crippen LogP contribution in [-0.2, 0) is 11.3 Å². The van der Waals surface area contributed by atoms with Crippen LogP contribution in [0.25, 0.3) is 0 Å². The molecular formula is C12H8Cl2O3. The Kier molecular flexibility index (Phi) is 3.71. The minimum Gasteiger partial charge on any atom is -0.457 e. The first-order chi connectivity index (χ1) is 8.16. The van der Waals surface area contributed by atoms with E-state index >= 15 is 0 Å². The second-order valence-electron chi connectivity index (χ2n) is 3.29. The summed E-state index contributed by atoms with van der Waals surface area (Å²) in [5.74, 6) is -0.365. The summed E-state index contributed by atoms with van der Waals surface area (Å²) >= 11 is 11.7. The Bertz CT molecular complexity index is 521. The average Bonchev–Trinajstić information content (AvgIpc) is 2.81. The molecular weight excluding hydrogens is 263 g/mol. The van der Waals surface area contributed by atoms with Crippen molar-refractivity contribution in [1.82, 2.24) is 0 Å². The van der Waals surface area contributed by atoms with Crippen LogP contribution in [0.2, 0.25) is 10.0 Å². The lowest BCUT2D eigenvalue weighted by molar-refractivity contribution is 0.0436. The molecule has 0 atom stereocenters. The number of ether oxygens (including phenoxy) is 1. The van der Waals surface area contributed by atoms with Gasteiger partial charge in [-0.25, -0.2) is 4.79 Å². The molecule has 0 aliphatic rings. The Hall–Kier alpha value is -1.45. The predicted octanol–water partition coefficient (Wildman–Crippen LogP) is 3.94. The molecule has 1 heterocycles. The molecule has 1 aromatic heterocycles. The van der Waals surface area contributed by atoms with Crippen LogP contribution in [-0.4, -0.2) is 5.97 Å². The van der Waals surface area contributed by atoms with Gasteiger partial charge in [0.25, 0.3) is 0 Å². The number of hydrogen-bond donors (Lipinski definition) is 0. The van der Waals surface area contributed by atoms with Gasteiger partial charge in [-0.1, -0.05) is 29.3 Å². The molecule has 17 heavy (non-hydrogen) atoms. The molecule has 0 bridgehead atoms. The molecule has 0 saturated heterocycles. The predicted molar refractivity (Wildman–Crippen MR) is 64.3 cm³/mol. The fourth-order valence-electron chi connectivity index (χ4n) is 1.25. The van der Waals surface area contributed by atoms with Crippen molar-refractivity contribution in [1.29, 1.82) is 0 Å². The summed E-state index contributed by atoms with van der Waals surface area (Å²) in [5, 5.41) is 1.00. The lowest BCUT2D eigenvalue weighted by atomic mass is 10.2. The summed E-state index contributed by atoms with van der Waals surface area (Å²) in [6.45, 7) is 0.0789. The first-order valence-electron chi connectivity index (χ1n) is 4.81. The number of carbonyl (C=O) groups excluding carboxylic acids is 1. The summed E-state index contributed by atoms with van der Waals surface area (Å²) in [5.41, 5.74) is 0.691. The van der Waals surface area contributed by atoms with Crippen molar-refractivity contribution in [2.24, 2.45) is 0 Å². The van der Waals surface area contributed by atoms with Crippen molar-refractivity contribution >= 4 is 29.2 Å². The molecule has 2 rings (SSSR count). The van der Waals surface area contributed by atoms with Gasteiger partial charge in [0, 0.05) is 15.6 Å². The lowest BCUT2D eigenvalue weighted by Gasteiger charge is -2.05. The molecule has 0 unspecified atom stereocenters. The van der Waals surface area contributed by atoms with Gasteiger partial charge in [0.1, 0.15) is 6.61 Å². The lowest BCUT2D eigenvalue weighted by Crippen LogP contribution is -2.04. The molecule has 3 nitrogen and oxygen atoms in total. The van der Waals surface area contributed by atoms with Crippen molar-refractivity contribution in [2.75, 3.05) is 0 Å². The highest BCUT2D eigenvalue weighted by molar-refractivity contribution is 6.35. The maximum Gasteiger partial charge on any atom is 0.374 e. The highest BCUT2D eigenvalue weighted by Gasteiger charge is 2.11. The number of benzene rings is 1. The van der Waals surface area contributed by atoms with E-state index in [1.165, 1.54) is 12.3 Å². The van der Waals surface area contributed by atoms with Crippen molar-refractivity contribution in [3.05, 3.63) is 58.0 Å². The third kappa shape index (κ3) is 3.02. The highest BCUT2D eigenvalue weighted by atomic mass is 35.5. The fraction of sp³-hybridized carbons (Fsp3) is 0.0833. The molecule has 0 N–H and O–H groups in total. The zero-order valence-electron chi connectivity index (χ0n) is 8.65. The van der Waals surface area contributed by atoms with E-state index in [0.29, 0.717) is 15.6 Å². The van der Waals surface area contributed by atoms with Crippen LogP contribution in [0, 0.1) is 0 Å². The number of furan rings is 1. The standard InChI is InChI=1S/C12H8Cl2O3/c13-9-4-3-8(10(14)6-9)7-17-12(15)11-2-1-5-16-11/h1-6H,7H2. The summed E-state index contributed by atoms with van der Waals surface area (Å²) in [4.78, 5) is 11.5. The average molecular weight is 271 g/mol. The van der Waals surface area contributed by atoms with Gasteiger partial charge in [-0.05, 0) is 24.3 Å². The van der Waals surface area contributed by atoms with Crippen LogP contribution in [0.1, 0.15) is 16.1 Å². The first kappa shape index (κ1) is 12.0. The number of halogens is 2.